The molecule has 2 unspecified atom stereocenters. The highest BCUT2D eigenvalue weighted by Gasteiger charge is 2.24. The number of nitrogens with one attached hydrogen (secondary N) is 2. The highest BCUT2D eigenvalue weighted by molar-refractivity contribution is 6.06. The Balaban J connectivity index is 1.68. The molecule has 2 atom stereocenters. The van der Waals surface area contributed by atoms with Crippen LogP contribution in [0.2, 0.25) is 0 Å². The maximum Gasteiger partial charge on any atom is 0.270 e. The number of phenols is 1. The standard InChI is InChI=1S/C26H31N7O2/c1-6-27-26(35)23-19-10-18(33-11-14(2)28-15(3)12-33)7-8-21(19)29-25(30-23)20-9-17-13-32(5)31-22(17)16(4)24(20)34/h7-10,13-15,28,34H,6,11-12H2,1-5H3,(H,27,35). The van der Waals surface area contributed by atoms with E-state index in [9.17, 15) is 9.90 Å². The Hall–Kier alpha value is -3.72. The zero-order chi connectivity index (χ0) is 24.9. The number of aromatic nitrogens is 4. The molecule has 1 aliphatic heterocycles. The summed E-state index contributed by atoms with van der Waals surface area (Å²) in [5.74, 6) is 0.110. The number of fused-ring (bicyclic) bond motifs is 2. The van der Waals surface area contributed by atoms with E-state index in [0.717, 1.165) is 29.7 Å². The first-order valence-electron chi connectivity index (χ1n) is 12.0. The van der Waals surface area contributed by atoms with Crippen LogP contribution in [0.3, 0.4) is 0 Å². The maximum absolute atomic E-state index is 13.1. The number of piperazine rings is 1. The second kappa shape index (κ2) is 8.81. The molecule has 182 valence electrons. The van der Waals surface area contributed by atoms with Crippen LogP contribution in [0.4, 0.5) is 5.69 Å². The van der Waals surface area contributed by atoms with Crippen molar-refractivity contribution in [3.05, 3.63) is 41.7 Å². The van der Waals surface area contributed by atoms with Crippen LogP contribution < -0.4 is 15.5 Å². The Labute approximate surface area is 204 Å². The average molecular weight is 474 g/mol. The summed E-state index contributed by atoms with van der Waals surface area (Å²) in [7, 11) is 1.84. The fourth-order valence-electron chi connectivity index (χ4n) is 5.00. The predicted molar refractivity (Wildman–Crippen MR) is 138 cm³/mol. The molecule has 3 heterocycles. The number of amides is 1. The summed E-state index contributed by atoms with van der Waals surface area (Å²) < 4.78 is 1.71. The zero-order valence-corrected chi connectivity index (χ0v) is 20.8. The number of carbonyl (C=O) groups excluding carboxylic acids is 1. The number of hydrogen-bond donors (Lipinski definition) is 3. The summed E-state index contributed by atoms with van der Waals surface area (Å²) in [6, 6.07) is 8.53. The SMILES string of the molecule is CCNC(=O)c1nc(-c2cc3cn(C)nc3c(C)c2O)nc2ccc(N3CC(C)NC(C)C3)cc12. The number of aryl methyl sites for hydroxylation is 2. The molecule has 2 aromatic carbocycles. The molecule has 5 rings (SSSR count). The van der Waals surface area contributed by atoms with E-state index >= 15 is 0 Å². The molecule has 4 aromatic rings. The van der Waals surface area contributed by atoms with Gasteiger partial charge in [0.1, 0.15) is 11.4 Å². The van der Waals surface area contributed by atoms with Crippen molar-refractivity contribution in [2.24, 2.45) is 7.05 Å². The van der Waals surface area contributed by atoms with Gasteiger partial charge in [-0.05, 0) is 52.0 Å². The molecule has 0 aliphatic carbocycles. The highest BCUT2D eigenvalue weighted by atomic mass is 16.3. The van der Waals surface area contributed by atoms with Crippen molar-refractivity contribution < 1.29 is 9.90 Å². The third-order valence-electron chi connectivity index (χ3n) is 6.52. The molecule has 3 N–H and O–H groups in total. The first kappa shape index (κ1) is 23.0. The minimum atomic E-state index is -0.265. The average Bonchev–Trinajstić information content (AvgIpc) is 3.20. The van der Waals surface area contributed by atoms with Gasteiger partial charge in [-0.15, -0.1) is 0 Å². The minimum Gasteiger partial charge on any atom is -0.507 e. The first-order valence-corrected chi connectivity index (χ1v) is 12.0. The quantitative estimate of drug-likeness (QED) is 0.418. The van der Waals surface area contributed by atoms with E-state index in [0.29, 0.717) is 52.2 Å². The van der Waals surface area contributed by atoms with Gasteiger partial charge in [0.15, 0.2) is 5.82 Å². The van der Waals surface area contributed by atoms with Gasteiger partial charge in [-0.2, -0.15) is 5.10 Å². The molecule has 9 nitrogen and oxygen atoms in total. The lowest BCUT2D eigenvalue weighted by Crippen LogP contribution is -2.54. The van der Waals surface area contributed by atoms with Crippen LogP contribution in [0.15, 0.2) is 30.5 Å². The van der Waals surface area contributed by atoms with Gasteiger partial charge in [-0.1, -0.05) is 0 Å². The van der Waals surface area contributed by atoms with Crippen LogP contribution in [0.25, 0.3) is 33.2 Å². The Morgan fingerprint density at radius 2 is 1.94 bits per heavy atom. The Bertz CT molecular complexity index is 1440. The van der Waals surface area contributed by atoms with Crippen molar-refractivity contribution >= 4 is 33.4 Å². The van der Waals surface area contributed by atoms with Gasteiger partial charge in [0.25, 0.3) is 5.91 Å². The molecule has 2 aromatic heterocycles. The second-order valence-electron chi connectivity index (χ2n) is 9.47. The largest absolute Gasteiger partial charge is 0.507 e. The smallest absolute Gasteiger partial charge is 0.270 e. The topological polar surface area (TPSA) is 108 Å². The van der Waals surface area contributed by atoms with Crippen molar-refractivity contribution in [3.63, 3.8) is 0 Å². The number of anilines is 1. The molecule has 0 saturated carbocycles. The van der Waals surface area contributed by atoms with Crippen molar-refractivity contribution in [2.75, 3.05) is 24.5 Å². The number of nitrogens with zero attached hydrogens (tertiary/aromatic N) is 5. The normalized spacial score (nSPS) is 18.4. The summed E-state index contributed by atoms with van der Waals surface area (Å²) in [5.41, 5.74) is 3.84. The first-order chi connectivity index (χ1) is 16.7. The number of rotatable bonds is 4. The summed E-state index contributed by atoms with van der Waals surface area (Å²) in [5, 5.41) is 23.4. The third kappa shape index (κ3) is 4.16. The number of hydrogen-bond acceptors (Lipinski definition) is 7. The van der Waals surface area contributed by atoms with Gasteiger partial charge in [-0.25, -0.2) is 9.97 Å². The van der Waals surface area contributed by atoms with E-state index in [1.54, 1.807) is 4.68 Å². The van der Waals surface area contributed by atoms with Gasteiger partial charge in [0, 0.05) is 67.0 Å². The van der Waals surface area contributed by atoms with Crippen LogP contribution in [0, 0.1) is 6.92 Å². The van der Waals surface area contributed by atoms with Crippen molar-refractivity contribution in [3.8, 4) is 17.1 Å². The molecular formula is C26H31N7O2. The number of phenolic OH excluding ortho intramolecular Hbond substituents is 1. The monoisotopic (exact) mass is 473 g/mol. The van der Waals surface area contributed by atoms with Gasteiger partial charge in [-0.3, -0.25) is 9.48 Å². The van der Waals surface area contributed by atoms with Crippen LogP contribution in [-0.2, 0) is 7.05 Å². The number of benzene rings is 2. The molecule has 35 heavy (non-hydrogen) atoms. The van der Waals surface area contributed by atoms with Crippen molar-refractivity contribution in [1.82, 2.24) is 30.4 Å². The van der Waals surface area contributed by atoms with E-state index in [-0.39, 0.29) is 11.7 Å². The van der Waals surface area contributed by atoms with Crippen molar-refractivity contribution in [1.29, 1.82) is 0 Å². The van der Waals surface area contributed by atoms with E-state index in [1.807, 2.05) is 51.4 Å². The van der Waals surface area contributed by atoms with Gasteiger partial charge >= 0.3 is 0 Å². The van der Waals surface area contributed by atoms with Crippen LogP contribution in [-0.4, -0.2) is 62.5 Å². The maximum atomic E-state index is 13.1. The summed E-state index contributed by atoms with van der Waals surface area (Å²) in [6.07, 6.45) is 1.89. The van der Waals surface area contributed by atoms with Crippen LogP contribution in [0.1, 0.15) is 36.8 Å². The summed E-state index contributed by atoms with van der Waals surface area (Å²) in [6.45, 7) is 10.3. The fraction of sp³-hybridized carbons (Fsp3) is 0.385. The zero-order valence-electron chi connectivity index (χ0n) is 20.8. The molecule has 1 aliphatic rings. The van der Waals surface area contributed by atoms with Crippen LogP contribution in [0.5, 0.6) is 5.75 Å². The Morgan fingerprint density at radius 3 is 2.66 bits per heavy atom. The Kier molecular flexibility index (Phi) is 5.80. The minimum absolute atomic E-state index is 0.0674. The van der Waals surface area contributed by atoms with E-state index in [2.05, 4.69) is 39.5 Å². The lowest BCUT2D eigenvalue weighted by molar-refractivity contribution is 0.0952. The molecule has 1 fully saturated rings. The second-order valence-corrected chi connectivity index (χ2v) is 9.47. The fourth-order valence-corrected chi connectivity index (χ4v) is 5.00. The molecule has 1 amide bonds. The van der Waals surface area contributed by atoms with E-state index < -0.39 is 0 Å². The molecular weight excluding hydrogens is 442 g/mol. The van der Waals surface area contributed by atoms with Gasteiger partial charge < -0.3 is 20.6 Å². The van der Waals surface area contributed by atoms with E-state index in [1.165, 1.54) is 0 Å². The molecule has 9 heteroatoms. The highest BCUT2D eigenvalue weighted by Crippen LogP contribution is 2.36. The summed E-state index contributed by atoms with van der Waals surface area (Å²) in [4.78, 5) is 24.9. The predicted octanol–water partition coefficient (Wildman–Crippen LogP) is 3.13. The number of aromatic hydroxyl groups is 1. The summed E-state index contributed by atoms with van der Waals surface area (Å²) >= 11 is 0. The van der Waals surface area contributed by atoms with E-state index in [4.69, 9.17) is 4.98 Å². The lowest BCUT2D eigenvalue weighted by Gasteiger charge is -2.37. The molecule has 0 spiro atoms. The molecule has 0 bridgehead atoms. The molecule has 0 radical (unpaired) electrons. The van der Waals surface area contributed by atoms with Gasteiger partial charge in [0.05, 0.1) is 16.6 Å². The van der Waals surface area contributed by atoms with Crippen LogP contribution >= 0.6 is 0 Å². The van der Waals surface area contributed by atoms with Gasteiger partial charge in [0.2, 0.25) is 0 Å². The lowest BCUT2D eigenvalue weighted by atomic mass is 10.0. The molecule has 1 saturated heterocycles. The number of carbonyl (C=O) groups is 1. The Morgan fingerprint density at radius 1 is 1.20 bits per heavy atom. The van der Waals surface area contributed by atoms with Crippen molar-refractivity contribution in [2.45, 2.75) is 39.8 Å². The third-order valence-corrected chi connectivity index (χ3v) is 6.52.